The molecule has 0 aliphatic rings. The fourth-order valence-corrected chi connectivity index (χ4v) is 1.48. The maximum Gasteiger partial charge on any atom is 0.143 e. The van der Waals surface area contributed by atoms with Gasteiger partial charge in [-0.2, -0.15) is 4.68 Å². The van der Waals surface area contributed by atoms with E-state index in [1.54, 1.807) is 11.0 Å². The third kappa shape index (κ3) is 2.61. The van der Waals surface area contributed by atoms with Crippen molar-refractivity contribution in [2.45, 2.75) is 26.8 Å². The molecule has 0 radical (unpaired) electrons. The molecule has 1 aromatic heterocycles. The molecule has 2 rings (SSSR count). The fourth-order valence-electron chi connectivity index (χ4n) is 1.48. The van der Waals surface area contributed by atoms with Gasteiger partial charge in [0.05, 0.1) is 11.4 Å². The van der Waals surface area contributed by atoms with Crippen LogP contribution in [0.15, 0.2) is 30.6 Å². The van der Waals surface area contributed by atoms with Gasteiger partial charge >= 0.3 is 0 Å². The largest absolute Gasteiger partial charge is 0.381 e. The summed E-state index contributed by atoms with van der Waals surface area (Å²) in [7, 11) is 0. The van der Waals surface area contributed by atoms with Crippen molar-refractivity contribution in [2.75, 3.05) is 5.32 Å². The zero-order valence-electron chi connectivity index (χ0n) is 10.3. The van der Waals surface area contributed by atoms with Crippen LogP contribution >= 0.6 is 0 Å². The molecule has 0 aliphatic carbocycles. The molecule has 5 nitrogen and oxygen atoms in total. The number of anilines is 1. The first-order valence-corrected chi connectivity index (χ1v) is 5.77. The Labute approximate surface area is 101 Å². The summed E-state index contributed by atoms with van der Waals surface area (Å²) < 4.78 is 1.66. The summed E-state index contributed by atoms with van der Waals surface area (Å²) in [4.78, 5) is 0. The highest BCUT2D eigenvalue weighted by molar-refractivity contribution is 5.60. The highest BCUT2D eigenvalue weighted by Crippen LogP contribution is 2.20. The minimum absolute atomic E-state index is 0.396. The fraction of sp³-hybridized carbons (Fsp3) is 0.417. The highest BCUT2D eigenvalue weighted by atomic mass is 15.5. The van der Waals surface area contributed by atoms with E-state index in [4.69, 9.17) is 0 Å². The Hall–Kier alpha value is -1.91. The SMILES string of the molecule is CC(C)C(C)Nc1ccccc1-n1cnnn1. The van der Waals surface area contributed by atoms with E-state index in [1.807, 2.05) is 24.3 Å². The van der Waals surface area contributed by atoms with Crippen LogP contribution in [-0.2, 0) is 0 Å². The zero-order valence-corrected chi connectivity index (χ0v) is 10.3. The zero-order chi connectivity index (χ0) is 12.3. The number of nitrogens with zero attached hydrogens (tertiary/aromatic N) is 4. The molecular formula is C12H17N5. The molecule has 0 saturated heterocycles. The van der Waals surface area contributed by atoms with Crippen LogP contribution < -0.4 is 5.32 Å². The molecule has 1 atom stereocenters. The lowest BCUT2D eigenvalue weighted by molar-refractivity contribution is 0.559. The van der Waals surface area contributed by atoms with E-state index in [0.717, 1.165) is 11.4 Å². The topological polar surface area (TPSA) is 55.6 Å². The second-order valence-electron chi connectivity index (χ2n) is 4.45. The van der Waals surface area contributed by atoms with Gasteiger partial charge < -0.3 is 5.32 Å². The van der Waals surface area contributed by atoms with Crippen LogP contribution in [0.3, 0.4) is 0 Å². The van der Waals surface area contributed by atoms with Crippen LogP contribution in [0.4, 0.5) is 5.69 Å². The van der Waals surface area contributed by atoms with Crippen LogP contribution in [0.25, 0.3) is 5.69 Å². The van der Waals surface area contributed by atoms with Gasteiger partial charge in [-0.3, -0.25) is 0 Å². The number of aromatic nitrogens is 4. The molecular weight excluding hydrogens is 214 g/mol. The van der Waals surface area contributed by atoms with Crippen LogP contribution in [-0.4, -0.2) is 26.2 Å². The summed E-state index contributed by atoms with van der Waals surface area (Å²) in [5.74, 6) is 0.567. The van der Waals surface area contributed by atoms with Gasteiger partial charge in [0.15, 0.2) is 0 Å². The van der Waals surface area contributed by atoms with E-state index in [9.17, 15) is 0 Å². The Bertz CT molecular complexity index is 464. The molecule has 1 heterocycles. The molecule has 0 aliphatic heterocycles. The van der Waals surface area contributed by atoms with Gasteiger partial charge in [0.1, 0.15) is 6.33 Å². The van der Waals surface area contributed by atoms with Crippen LogP contribution in [0.2, 0.25) is 0 Å². The van der Waals surface area contributed by atoms with Crippen molar-refractivity contribution >= 4 is 5.69 Å². The number of hydrogen-bond acceptors (Lipinski definition) is 4. The standard InChI is InChI=1S/C12H17N5/c1-9(2)10(3)14-11-6-4-5-7-12(11)17-8-13-15-16-17/h4-10,14H,1-3H3. The molecule has 1 N–H and O–H groups in total. The predicted molar refractivity (Wildman–Crippen MR) is 67.1 cm³/mol. The molecule has 2 aromatic rings. The molecule has 1 aromatic carbocycles. The van der Waals surface area contributed by atoms with E-state index < -0.39 is 0 Å². The van der Waals surface area contributed by atoms with Gasteiger partial charge in [0.2, 0.25) is 0 Å². The molecule has 0 amide bonds. The summed E-state index contributed by atoms with van der Waals surface area (Å²) in [5.41, 5.74) is 2.01. The number of nitrogens with one attached hydrogen (secondary N) is 1. The summed E-state index contributed by atoms with van der Waals surface area (Å²) in [6, 6.07) is 8.40. The molecule has 90 valence electrons. The Morgan fingerprint density at radius 3 is 2.59 bits per heavy atom. The van der Waals surface area contributed by atoms with Crippen molar-refractivity contribution in [3.8, 4) is 5.69 Å². The minimum Gasteiger partial charge on any atom is -0.381 e. The van der Waals surface area contributed by atoms with Crippen molar-refractivity contribution < 1.29 is 0 Å². The second kappa shape index (κ2) is 4.95. The molecule has 17 heavy (non-hydrogen) atoms. The monoisotopic (exact) mass is 231 g/mol. The Morgan fingerprint density at radius 1 is 1.18 bits per heavy atom. The van der Waals surface area contributed by atoms with E-state index >= 15 is 0 Å². The van der Waals surface area contributed by atoms with E-state index in [1.165, 1.54) is 0 Å². The van der Waals surface area contributed by atoms with Crippen molar-refractivity contribution in [2.24, 2.45) is 5.92 Å². The van der Waals surface area contributed by atoms with Gasteiger partial charge in [0.25, 0.3) is 0 Å². The summed E-state index contributed by atoms with van der Waals surface area (Å²) >= 11 is 0. The lowest BCUT2D eigenvalue weighted by Gasteiger charge is -2.20. The summed E-state index contributed by atoms with van der Waals surface area (Å²) in [5, 5.41) is 14.7. The first-order chi connectivity index (χ1) is 8.18. The molecule has 1 unspecified atom stereocenters. The molecule has 0 bridgehead atoms. The Morgan fingerprint density at radius 2 is 1.94 bits per heavy atom. The van der Waals surface area contributed by atoms with Gasteiger partial charge in [-0.25, -0.2) is 0 Å². The van der Waals surface area contributed by atoms with Crippen LogP contribution in [0, 0.1) is 5.92 Å². The average Bonchev–Trinajstić information content (AvgIpc) is 2.83. The van der Waals surface area contributed by atoms with E-state index in [-0.39, 0.29) is 0 Å². The van der Waals surface area contributed by atoms with Crippen molar-refractivity contribution in [1.82, 2.24) is 20.2 Å². The lowest BCUT2D eigenvalue weighted by atomic mass is 10.1. The normalized spacial score (nSPS) is 12.7. The summed E-state index contributed by atoms with van der Waals surface area (Å²) in [6.07, 6.45) is 1.60. The van der Waals surface area contributed by atoms with Crippen molar-refractivity contribution in [3.05, 3.63) is 30.6 Å². The quantitative estimate of drug-likeness (QED) is 0.875. The maximum atomic E-state index is 3.91. The Kier molecular flexibility index (Phi) is 3.37. The third-order valence-electron chi connectivity index (χ3n) is 2.88. The van der Waals surface area contributed by atoms with Crippen molar-refractivity contribution in [1.29, 1.82) is 0 Å². The van der Waals surface area contributed by atoms with Crippen molar-refractivity contribution in [3.63, 3.8) is 0 Å². The third-order valence-corrected chi connectivity index (χ3v) is 2.88. The highest BCUT2D eigenvalue weighted by Gasteiger charge is 2.10. The van der Waals surface area contributed by atoms with E-state index in [0.29, 0.717) is 12.0 Å². The lowest BCUT2D eigenvalue weighted by Crippen LogP contribution is -2.22. The average molecular weight is 231 g/mol. The smallest absolute Gasteiger partial charge is 0.143 e. The van der Waals surface area contributed by atoms with Gasteiger partial charge in [-0.15, -0.1) is 5.10 Å². The van der Waals surface area contributed by atoms with Crippen LogP contribution in [0.1, 0.15) is 20.8 Å². The number of rotatable bonds is 4. The predicted octanol–water partition coefficient (Wildman–Crippen LogP) is 2.12. The first-order valence-electron chi connectivity index (χ1n) is 5.77. The second-order valence-corrected chi connectivity index (χ2v) is 4.45. The summed E-state index contributed by atoms with van der Waals surface area (Å²) in [6.45, 7) is 6.55. The molecule has 0 saturated carbocycles. The van der Waals surface area contributed by atoms with E-state index in [2.05, 4.69) is 41.6 Å². The van der Waals surface area contributed by atoms with Gasteiger partial charge in [-0.05, 0) is 35.4 Å². The van der Waals surface area contributed by atoms with Gasteiger partial charge in [0, 0.05) is 6.04 Å². The number of hydrogen-bond donors (Lipinski definition) is 1. The van der Waals surface area contributed by atoms with Crippen LogP contribution in [0.5, 0.6) is 0 Å². The maximum absolute atomic E-state index is 3.91. The first kappa shape index (κ1) is 11.6. The van der Waals surface area contributed by atoms with Gasteiger partial charge in [-0.1, -0.05) is 26.0 Å². The number of para-hydroxylation sites is 2. The number of tetrazole rings is 1. The Balaban J connectivity index is 2.29. The minimum atomic E-state index is 0.396. The molecule has 5 heteroatoms. The number of benzene rings is 1. The molecule has 0 fully saturated rings. The molecule has 0 spiro atoms.